The Bertz CT molecular complexity index is 667. The first kappa shape index (κ1) is 15.6. The van der Waals surface area contributed by atoms with Gasteiger partial charge in [-0.15, -0.1) is 0 Å². The van der Waals surface area contributed by atoms with Gasteiger partial charge in [-0.1, -0.05) is 0 Å². The number of nitrogens with zero attached hydrogens (tertiary/aromatic N) is 5. The number of rotatable bonds is 4. The molecule has 2 aromatic heterocycles. The highest BCUT2D eigenvalue weighted by Crippen LogP contribution is 2.22. The quantitative estimate of drug-likeness (QED) is 0.867. The normalized spacial score (nSPS) is 18.2. The minimum absolute atomic E-state index is 0.223. The highest BCUT2D eigenvalue weighted by Gasteiger charge is 2.26. The molecular formula is C17H23N5O. The Kier molecular flexibility index (Phi) is 4.69. The number of carbonyl (C=O) groups is 1. The summed E-state index contributed by atoms with van der Waals surface area (Å²) in [5, 5.41) is 4.48. The molecule has 0 aromatic carbocycles. The molecule has 3 rings (SSSR count). The van der Waals surface area contributed by atoms with E-state index in [9.17, 15) is 4.79 Å². The first-order chi connectivity index (χ1) is 11.1. The molecule has 1 fully saturated rings. The molecule has 0 saturated carbocycles. The highest BCUT2D eigenvalue weighted by molar-refractivity contribution is 5.76. The van der Waals surface area contributed by atoms with E-state index in [1.807, 2.05) is 35.6 Å². The van der Waals surface area contributed by atoms with E-state index in [-0.39, 0.29) is 11.9 Å². The third-order valence-electron chi connectivity index (χ3n) is 4.38. The largest absolute Gasteiger partial charge is 0.341 e. The fraction of sp³-hybridized carbons (Fsp3) is 0.529. The van der Waals surface area contributed by atoms with Gasteiger partial charge in [-0.25, -0.2) is 9.67 Å². The van der Waals surface area contributed by atoms with Crippen LogP contribution in [0.3, 0.4) is 0 Å². The van der Waals surface area contributed by atoms with Crippen LogP contribution < -0.4 is 0 Å². The fourth-order valence-corrected chi connectivity index (χ4v) is 3.22. The van der Waals surface area contributed by atoms with Crippen LogP contribution >= 0.6 is 0 Å². The van der Waals surface area contributed by atoms with Crippen LogP contribution in [0.4, 0.5) is 0 Å². The van der Waals surface area contributed by atoms with Gasteiger partial charge < -0.3 is 4.90 Å². The third kappa shape index (κ3) is 3.75. The van der Waals surface area contributed by atoms with Crippen LogP contribution in [0.2, 0.25) is 0 Å². The molecule has 6 heteroatoms. The molecule has 0 N–H and O–H groups in total. The number of hydrogen-bond donors (Lipinski definition) is 0. The predicted octanol–water partition coefficient (Wildman–Crippen LogP) is 2.09. The number of aromatic nitrogens is 4. The molecule has 2 aromatic rings. The number of amides is 1. The van der Waals surface area contributed by atoms with Crippen LogP contribution in [0.1, 0.15) is 42.5 Å². The second kappa shape index (κ2) is 6.89. The Labute approximate surface area is 136 Å². The van der Waals surface area contributed by atoms with Crippen molar-refractivity contribution in [2.75, 3.05) is 13.1 Å². The molecule has 1 aliphatic heterocycles. The van der Waals surface area contributed by atoms with E-state index in [1.54, 1.807) is 12.4 Å². The van der Waals surface area contributed by atoms with Gasteiger partial charge in [0.2, 0.25) is 5.91 Å². The number of hydrogen-bond acceptors (Lipinski definition) is 4. The van der Waals surface area contributed by atoms with Gasteiger partial charge in [0.25, 0.3) is 0 Å². The van der Waals surface area contributed by atoms with E-state index in [2.05, 4.69) is 15.1 Å². The van der Waals surface area contributed by atoms with Gasteiger partial charge >= 0.3 is 0 Å². The number of pyridine rings is 1. The molecule has 0 radical (unpaired) electrons. The standard InChI is InChI=1S/C17H23N5O/c1-13-19-14(2)22(20-13)16-4-3-11-21(12-16)17(23)6-5-15-7-9-18-10-8-15/h7-10,16H,3-6,11-12H2,1-2H3/t16-/m0/s1. The van der Waals surface area contributed by atoms with Gasteiger partial charge in [0.15, 0.2) is 0 Å². The van der Waals surface area contributed by atoms with Gasteiger partial charge in [-0.2, -0.15) is 5.10 Å². The maximum Gasteiger partial charge on any atom is 0.222 e. The van der Waals surface area contributed by atoms with E-state index in [1.165, 1.54) is 0 Å². The van der Waals surface area contributed by atoms with Crippen molar-refractivity contribution in [2.24, 2.45) is 0 Å². The van der Waals surface area contributed by atoms with Gasteiger partial charge in [0, 0.05) is 31.9 Å². The van der Waals surface area contributed by atoms with Crippen molar-refractivity contribution in [2.45, 2.75) is 45.6 Å². The van der Waals surface area contributed by atoms with Crippen molar-refractivity contribution in [3.05, 3.63) is 41.7 Å². The monoisotopic (exact) mass is 313 g/mol. The number of piperidine rings is 1. The fourth-order valence-electron chi connectivity index (χ4n) is 3.22. The van der Waals surface area contributed by atoms with Crippen LogP contribution in [0.25, 0.3) is 0 Å². The lowest BCUT2D eigenvalue weighted by atomic mass is 10.0. The number of aryl methyl sites for hydroxylation is 3. The molecule has 3 heterocycles. The maximum absolute atomic E-state index is 12.5. The summed E-state index contributed by atoms with van der Waals surface area (Å²) < 4.78 is 1.98. The van der Waals surface area contributed by atoms with E-state index in [0.717, 1.165) is 49.6 Å². The molecule has 122 valence electrons. The zero-order chi connectivity index (χ0) is 16.2. The van der Waals surface area contributed by atoms with E-state index < -0.39 is 0 Å². The van der Waals surface area contributed by atoms with E-state index >= 15 is 0 Å². The van der Waals surface area contributed by atoms with Crippen LogP contribution in [0.5, 0.6) is 0 Å². The Balaban J connectivity index is 1.59. The van der Waals surface area contributed by atoms with Gasteiger partial charge in [-0.05, 0) is 50.8 Å². The summed E-state index contributed by atoms with van der Waals surface area (Å²) in [4.78, 5) is 22.9. The van der Waals surface area contributed by atoms with Crippen LogP contribution in [-0.2, 0) is 11.2 Å². The zero-order valence-corrected chi connectivity index (χ0v) is 13.8. The van der Waals surface area contributed by atoms with Crippen molar-refractivity contribution < 1.29 is 4.79 Å². The summed E-state index contributed by atoms with van der Waals surface area (Å²) >= 11 is 0. The van der Waals surface area contributed by atoms with Crippen LogP contribution in [-0.4, -0.2) is 43.6 Å². The second-order valence-electron chi connectivity index (χ2n) is 6.14. The van der Waals surface area contributed by atoms with Crippen molar-refractivity contribution in [1.82, 2.24) is 24.6 Å². The average molecular weight is 313 g/mol. The minimum atomic E-state index is 0.223. The predicted molar refractivity (Wildman–Crippen MR) is 86.9 cm³/mol. The van der Waals surface area contributed by atoms with Crippen LogP contribution in [0.15, 0.2) is 24.5 Å². The van der Waals surface area contributed by atoms with E-state index in [0.29, 0.717) is 6.42 Å². The molecule has 1 saturated heterocycles. The summed E-state index contributed by atoms with van der Waals surface area (Å²) in [6.07, 6.45) is 6.93. The summed E-state index contributed by atoms with van der Waals surface area (Å²) in [6.45, 7) is 5.46. The molecule has 0 unspecified atom stereocenters. The summed E-state index contributed by atoms with van der Waals surface area (Å²) in [5.41, 5.74) is 1.16. The third-order valence-corrected chi connectivity index (χ3v) is 4.38. The molecule has 23 heavy (non-hydrogen) atoms. The Morgan fingerprint density at radius 1 is 1.30 bits per heavy atom. The lowest BCUT2D eigenvalue weighted by Gasteiger charge is -2.33. The van der Waals surface area contributed by atoms with Gasteiger partial charge in [0.1, 0.15) is 11.6 Å². The lowest BCUT2D eigenvalue weighted by Crippen LogP contribution is -2.41. The SMILES string of the molecule is Cc1nc(C)n([C@H]2CCCN(C(=O)CCc3ccncc3)C2)n1. The summed E-state index contributed by atoms with van der Waals surface area (Å²) in [6, 6.07) is 4.18. The first-order valence-electron chi connectivity index (χ1n) is 8.20. The van der Waals surface area contributed by atoms with Crippen molar-refractivity contribution in [3.63, 3.8) is 0 Å². The van der Waals surface area contributed by atoms with Crippen molar-refractivity contribution in [1.29, 1.82) is 0 Å². The smallest absolute Gasteiger partial charge is 0.222 e. The van der Waals surface area contributed by atoms with E-state index in [4.69, 9.17) is 0 Å². The Hall–Kier alpha value is -2.24. The van der Waals surface area contributed by atoms with Crippen molar-refractivity contribution >= 4 is 5.91 Å². The number of likely N-dealkylation sites (tertiary alicyclic amines) is 1. The number of carbonyl (C=O) groups excluding carboxylic acids is 1. The molecule has 6 nitrogen and oxygen atoms in total. The first-order valence-corrected chi connectivity index (χ1v) is 8.20. The topological polar surface area (TPSA) is 63.9 Å². The molecule has 1 atom stereocenters. The molecule has 1 aliphatic rings. The zero-order valence-electron chi connectivity index (χ0n) is 13.8. The molecule has 0 aliphatic carbocycles. The summed E-state index contributed by atoms with van der Waals surface area (Å²) in [7, 11) is 0. The Morgan fingerprint density at radius 3 is 2.78 bits per heavy atom. The van der Waals surface area contributed by atoms with Crippen LogP contribution in [0, 0.1) is 13.8 Å². The van der Waals surface area contributed by atoms with Gasteiger partial charge in [-0.3, -0.25) is 9.78 Å². The Morgan fingerprint density at radius 2 is 2.09 bits per heavy atom. The minimum Gasteiger partial charge on any atom is -0.341 e. The molecule has 0 bridgehead atoms. The maximum atomic E-state index is 12.5. The molecule has 1 amide bonds. The van der Waals surface area contributed by atoms with Crippen molar-refractivity contribution in [3.8, 4) is 0 Å². The molecular weight excluding hydrogens is 290 g/mol. The highest BCUT2D eigenvalue weighted by atomic mass is 16.2. The lowest BCUT2D eigenvalue weighted by molar-refractivity contribution is -0.132. The average Bonchev–Trinajstić information content (AvgIpc) is 2.92. The second-order valence-corrected chi connectivity index (χ2v) is 6.14. The van der Waals surface area contributed by atoms with Gasteiger partial charge in [0.05, 0.1) is 6.04 Å². The summed E-state index contributed by atoms with van der Waals surface area (Å²) in [5.74, 6) is 1.95. The molecule has 0 spiro atoms.